The van der Waals surface area contributed by atoms with Crippen molar-refractivity contribution in [3.8, 4) is 0 Å². The van der Waals surface area contributed by atoms with Crippen LogP contribution in [-0.2, 0) is 0 Å². The quantitative estimate of drug-likeness (QED) is 0.456. The average molecular weight is 160 g/mol. The van der Waals surface area contributed by atoms with Crippen LogP contribution >= 0.6 is 0 Å². The second kappa shape index (κ2) is 3.54. The Morgan fingerprint density at radius 3 is 2.91 bits per heavy atom. The minimum absolute atomic E-state index is 0.112. The Balaban J connectivity index is 2.51. The van der Waals surface area contributed by atoms with Crippen molar-refractivity contribution in [3.63, 3.8) is 0 Å². The molecule has 5 heteroatoms. The number of piperazine rings is 1. The molecule has 0 saturated carbocycles. The zero-order valence-corrected chi connectivity index (χ0v) is 6.16. The van der Waals surface area contributed by atoms with Gasteiger partial charge < -0.3 is 20.4 Å². The van der Waals surface area contributed by atoms with Crippen molar-refractivity contribution in [2.24, 2.45) is 0 Å². The standard InChI is InChI=1S/C6H12N2O3/c9-4-5-3-7-1-2-8(5)6(10)11/h5,7,9H,1-4H2,(H,10,11). The van der Waals surface area contributed by atoms with E-state index in [0.717, 1.165) is 0 Å². The highest BCUT2D eigenvalue weighted by Crippen LogP contribution is 2.01. The summed E-state index contributed by atoms with van der Waals surface area (Å²) >= 11 is 0. The Bertz CT molecular complexity index is 151. The summed E-state index contributed by atoms with van der Waals surface area (Å²) in [6.45, 7) is 1.56. The maximum Gasteiger partial charge on any atom is 0.407 e. The van der Waals surface area contributed by atoms with Gasteiger partial charge in [0.05, 0.1) is 12.6 Å². The van der Waals surface area contributed by atoms with Crippen LogP contribution in [0.4, 0.5) is 4.79 Å². The molecule has 1 rings (SSSR count). The summed E-state index contributed by atoms with van der Waals surface area (Å²) < 4.78 is 0. The topological polar surface area (TPSA) is 72.8 Å². The number of aliphatic hydroxyl groups is 1. The van der Waals surface area contributed by atoms with Gasteiger partial charge in [-0.25, -0.2) is 4.79 Å². The number of aliphatic hydroxyl groups excluding tert-OH is 1. The van der Waals surface area contributed by atoms with E-state index in [-0.39, 0.29) is 12.6 Å². The first-order valence-electron chi connectivity index (χ1n) is 3.57. The molecule has 3 N–H and O–H groups in total. The Kier molecular flexibility index (Phi) is 2.67. The lowest BCUT2D eigenvalue weighted by Gasteiger charge is -2.32. The van der Waals surface area contributed by atoms with Crippen molar-refractivity contribution in [3.05, 3.63) is 0 Å². The van der Waals surface area contributed by atoms with Crippen LogP contribution < -0.4 is 5.32 Å². The number of rotatable bonds is 1. The first kappa shape index (κ1) is 8.29. The third kappa shape index (κ3) is 1.81. The molecule has 1 aliphatic heterocycles. The second-order valence-electron chi connectivity index (χ2n) is 2.52. The van der Waals surface area contributed by atoms with Gasteiger partial charge in [0, 0.05) is 19.6 Å². The fourth-order valence-electron chi connectivity index (χ4n) is 1.18. The molecule has 1 fully saturated rings. The van der Waals surface area contributed by atoms with Crippen molar-refractivity contribution in [2.75, 3.05) is 26.2 Å². The molecule has 1 atom stereocenters. The van der Waals surface area contributed by atoms with Crippen LogP contribution in [0, 0.1) is 0 Å². The highest BCUT2D eigenvalue weighted by atomic mass is 16.4. The summed E-state index contributed by atoms with van der Waals surface area (Å²) in [6, 6.07) is -0.277. The van der Waals surface area contributed by atoms with E-state index in [9.17, 15) is 4.79 Å². The summed E-state index contributed by atoms with van der Waals surface area (Å²) in [5, 5.41) is 20.4. The van der Waals surface area contributed by atoms with E-state index >= 15 is 0 Å². The maximum absolute atomic E-state index is 10.5. The highest BCUT2D eigenvalue weighted by molar-refractivity contribution is 5.65. The number of hydrogen-bond donors (Lipinski definition) is 3. The van der Waals surface area contributed by atoms with E-state index in [0.29, 0.717) is 19.6 Å². The van der Waals surface area contributed by atoms with Gasteiger partial charge in [-0.2, -0.15) is 0 Å². The molecular formula is C6H12N2O3. The highest BCUT2D eigenvalue weighted by Gasteiger charge is 2.24. The number of hydrogen-bond acceptors (Lipinski definition) is 3. The minimum atomic E-state index is -0.953. The van der Waals surface area contributed by atoms with Gasteiger partial charge in [-0.15, -0.1) is 0 Å². The van der Waals surface area contributed by atoms with Gasteiger partial charge in [0.25, 0.3) is 0 Å². The first-order chi connectivity index (χ1) is 5.25. The smallest absolute Gasteiger partial charge is 0.407 e. The van der Waals surface area contributed by atoms with Crippen LogP contribution in [0.15, 0.2) is 0 Å². The summed E-state index contributed by atoms with van der Waals surface area (Å²) in [7, 11) is 0. The van der Waals surface area contributed by atoms with E-state index in [4.69, 9.17) is 10.2 Å². The van der Waals surface area contributed by atoms with Crippen molar-refractivity contribution in [1.82, 2.24) is 10.2 Å². The molecule has 0 aromatic rings. The number of nitrogens with zero attached hydrogens (tertiary/aromatic N) is 1. The summed E-state index contributed by atoms with van der Waals surface area (Å²) in [5.41, 5.74) is 0. The lowest BCUT2D eigenvalue weighted by atomic mass is 10.2. The third-order valence-electron chi connectivity index (χ3n) is 1.81. The molecule has 0 aliphatic carbocycles. The van der Waals surface area contributed by atoms with E-state index < -0.39 is 6.09 Å². The van der Waals surface area contributed by atoms with E-state index in [1.165, 1.54) is 4.90 Å². The molecule has 0 spiro atoms. The zero-order valence-electron chi connectivity index (χ0n) is 6.16. The molecule has 5 nitrogen and oxygen atoms in total. The van der Waals surface area contributed by atoms with E-state index in [2.05, 4.69) is 5.32 Å². The van der Waals surface area contributed by atoms with Crippen LogP contribution in [0.2, 0.25) is 0 Å². The van der Waals surface area contributed by atoms with Crippen molar-refractivity contribution in [1.29, 1.82) is 0 Å². The number of nitrogens with one attached hydrogen (secondary N) is 1. The Morgan fingerprint density at radius 2 is 2.45 bits per heavy atom. The van der Waals surface area contributed by atoms with Gasteiger partial charge in [0.15, 0.2) is 0 Å². The van der Waals surface area contributed by atoms with Gasteiger partial charge in [-0.3, -0.25) is 0 Å². The molecule has 11 heavy (non-hydrogen) atoms. The number of carboxylic acid groups (broad SMARTS) is 1. The van der Waals surface area contributed by atoms with Gasteiger partial charge >= 0.3 is 6.09 Å². The summed E-state index contributed by atoms with van der Waals surface area (Å²) in [6.07, 6.45) is -0.953. The maximum atomic E-state index is 10.5. The lowest BCUT2D eigenvalue weighted by Crippen LogP contribution is -2.54. The molecule has 1 heterocycles. The van der Waals surface area contributed by atoms with Crippen molar-refractivity contribution in [2.45, 2.75) is 6.04 Å². The van der Waals surface area contributed by atoms with Crippen LogP contribution in [0.1, 0.15) is 0 Å². The molecular weight excluding hydrogens is 148 g/mol. The van der Waals surface area contributed by atoms with Crippen molar-refractivity contribution < 1.29 is 15.0 Å². The Labute approximate surface area is 64.6 Å². The van der Waals surface area contributed by atoms with Gasteiger partial charge in [-0.1, -0.05) is 0 Å². The fraction of sp³-hybridized carbons (Fsp3) is 0.833. The minimum Gasteiger partial charge on any atom is -0.465 e. The SMILES string of the molecule is O=C(O)N1CCNCC1CO. The van der Waals surface area contributed by atoms with Crippen LogP contribution in [0.5, 0.6) is 0 Å². The van der Waals surface area contributed by atoms with Crippen LogP contribution in [0.3, 0.4) is 0 Å². The van der Waals surface area contributed by atoms with Gasteiger partial charge in [-0.05, 0) is 0 Å². The first-order valence-corrected chi connectivity index (χ1v) is 3.57. The monoisotopic (exact) mass is 160 g/mol. The molecule has 1 amide bonds. The number of amides is 1. The van der Waals surface area contributed by atoms with E-state index in [1.807, 2.05) is 0 Å². The fourth-order valence-corrected chi connectivity index (χ4v) is 1.18. The van der Waals surface area contributed by atoms with E-state index in [1.54, 1.807) is 0 Å². The third-order valence-corrected chi connectivity index (χ3v) is 1.81. The molecule has 0 bridgehead atoms. The molecule has 0 aromatic heterocycles. The van der Waals surface area contributed by atoms with Crippen LogP contribution in [-0.4, -0.2) is 53.5 Å². The molecule has 0 radical (unpaired) electrons. The second-order valence-corrected chi connectivity index (χ2v) is 2.52. The number of carbonyl (C=O) groups is 1. The molecule has 64 valence electrons. The predicted octanol–water partition coefficient (Wildman–Crippen LogP) is -1.07. The summed E-state index contributed by atoms with van der Waals surface area (Å²) in [4.78, 5) is 11.8. The lowest BCUT2D eigenvalue weighted by molar-refractivity contribution is 0.0846. The Morgan fingerprint density at radius 1 is 1.73 bits per heavy atom. The molecule has 1 saturated heterocycles. The predicted molar refractivity (Wildman–Crippen MR) is 38.5 cm³/mol. The average Bonchev–Trinajstić information content (AvgIpc) is 2.04. The normalized spacial score (nSPS) is 25.2. The molecule has 1 aliphatic rings. The molecule has 0 aromatic carbocycles. The van der Waals surface area contributed by atoms with Gasteiger partial charge in [0.2, 0.25) is 0 Å². The Hall–Kier alpha value is -0.810. The molecule has 1 unspecified atom stereocenters. The van der Waals surface area contributed by atoms with Crippen molar-refractivity contribution >= 4 is 6.09 Å². The van der Waals surface area contributed by atoms with Gasteiger partial charge in [0.1, 0.15) is 0 Å². The summed E-state index contributed by atoms with van der Waals surface area (Å²) in [5.74, 6) is 0. The van der Waals surface area contributed by atoms with Crippen LogP contribution in [0.25, 0.3) is 0 Å². The largest absolute Gasteiger partial charge is 0.465 e. The zero-order chi connectivity index (χ0) is 8.27.